The second-order valence-corrected chi connectivity index (χ2v) is 9.40. The number of rotatable bonds is 5. The van der Waals surface area contributed by atoms with Crippen LogP contribution >= 0.6 is 0 Å². The number of ether oxygens (including phenoxy) is 1. The monoisotopic (exact) mass is 520 g/mol. The highest BCUT2D eigenvalue weighted by Gasteiger charge is 2.31. The molecule has 1 aliphatic rings. The van der Waals surface area contributed by atoms with E-state index in [9.17, 15) is 17.6 Å². The van der Waals surface area contributed by atoms with Crippen LogP contribution in [0.25, 0.3) is 21.8 Å². The predicted molar refractivity (Wildman–Crippen MR) is 141 cm³/mol. The first-order valence-electron chi connectivity index (χ1n) is 12.4. The molecule has 3 heterocycles. The molecule has 0 saturated carbocycles. The highest BCUT2D eigenvalue weighted by Crippen LogP contribution is 2.37. The van der Waals surface area contributed by atoms with E-state index in [1.165, 1.54) is 18.3 Å². The number of halogens is 4. The molecule has 3 aromatic carbocycles. The summed E-state index contributed by atoms with van der Waals surface area (Å²) in [5, 5.41) is 4.15. The number of aromatic amines is 1. The van der Waals surface area contributed by atoms with Gasteiger partial charge >= 0.3 is 6.18 Å². The first-order chi connectivity index (χ1) is 18.3. The molecule has 0 bridgehead atoms. The number of hydrogen-bond acceptors (Lipinski definition) is 4. The lowest BCUT2D eigenvalue weighted by molar-refractivity contribution is -0.137. The average molecular weight is 521 g/mol. The average Bonchev–Trinajstić information content (AvgIpc) is 3.28. The Kier molecular flexibility index (Phi) is 6.06. The van der Waals surface area contributed by atoms with Crippen molar-refractivity contribution in [2.45, 2.75) is 25.1 Å². The number of fused-ring (bicyclic) bond motifs is 2. The van der Waals surface area contributed by atoms with Crippen LogP contribution < -0.4 is 15.0 Å². The zero-order valence-corrected chi connectivity index (χ0v) is 20.2. The second-order valence-electron chi connectivity index (χ2n) is 9.40. The SMILES string of the molecule is Fc1c[nH]c2cc(Nc3cc(N4CCC(Oc5ccccc5)CC4)c4cc(C(F)(F)F)ccc4n3)ccc12. The number of aromatic nitrogens is 2. The molecule has 1 saturated heterocycles. The molecular formula is C29H24F4N4O. The van der Waals surface area contributed by atoms with Crippen molar-refractivity contribution in [1.29, 1.82) is 0 Å². The van der Waals surface area contributed by atoms with Crippen LogP contribution in [0.1, 0.15) is 18.4 Å². The number of alkyl halides is 3. The number of anilines is 3. The Morgan fingerprint density at radius 3 is 2.47 bits per heavy atom. The van der Waals surface area contributed by atoms with Gasteiger partial charge in [0.25, 0.3) is 0 Å². The summed E-state index contributed by atoms with van der Waals surface area (Å²) in [5.41, 5.74) is 1.72. The van der Waals surface area contributed by atoms with E-state index in [0.29, 0.717) is 52.1 Å². The third-order valence-corrected chi connectivity index (χ3v) is 6.85. The molecule has 5 aromatic rings. The number of hydrogen-bond donors (Lipinski definition) is 2. The van der Waals surface area contributed by atoms with Crippen LogP contribution in [0.4, 0.5) is 34.8 Å². The molecule has 194 valence electrons. The largest absolute Gasteiger partial charge is 0.490 e. The number of H-pyrrole nitrogens is 1. The number of nitrogens with zero attached hydrogens (tertiary/aromatic N) is 2. The zero-order chi connectivity index (χ0) is 26.3. The van der Waals surface area contributed by atoms with Gasteiger partial charge in [-0.1, -0.05) is 18.2 Å². The summed E-state index contributed by atoms with van der Waals surface area (Å²) in [6, 6.07) is 20.2. The van der Waals surface area contributed by atoms with E-state index in [1.54, 1.807) is 24.3 Å². The van der Waals surface area contributed by atoms with E-state index < -0.39 is 11.7 Å². The quantitative estimate of drug-likeness (QED) is 0.234. The van der Waals surface area contributed by atoms with Crippen molar-refractivity contribution in [3.8, 4) is 5.75 Å². The number of benzene rings is 3. The van der Waals surface area contributed by atoms with E-state index in [-0.39, 0.29) is 11.9 Å². The molecule has 6 rings (SSSR count). The van der Waals surface area contributed by atoms with E-state index in [1.807, 2.05) is 30.3 Å². The molecule has 0 amide bonds. The van der Waals surface area contributed by atoms with E-state index >= 15 is 0 Å². The van der Waals surface area contributed by atoms with Gasteiger partial charge < -0.3 is 19.9 Å². The van der Waals surface area contributed by atoms with Gasteiger partial charge in [0.1, 0.15) is 23.5 Å². The molecule has 0 radical (unpaired) electrons. The smallest absolute Gasteiger partial charge is 0.416 e. The third-order valence-electron chi connectivity index (χ3n) is 6.85. The van der Waals surface area contributed by atoms with Crippen LogP contribution in [0, 0.1) is 5.82 Å². The highest BCUT2D eigenvalue weighted by molar-refractivity contribution is 5.95. The van der Waals surface area contributed by atoms with Crippen molar-refractivity contribution in [1.82, 2.24) is 9.97 Å². The Labute approximate surface area is 216 Å². The fourth-order valence-corrected chi connectivity index (χ4v) is 4.93. The Bertz CT molecular complexity index is 1590. The van der Waals surface area contributed by atoms with Crippen LogP contribution in [0.3, 0.4) is 0 Å². The van der Waals surface area contributed by atoms with Crippen LogP contribution in [-0.4, -0.2) is 29.2 Å². The van der Waals surface area contributed by atoms with Gasteiger partial charge in [-0.05, 0) is 48.5 Å². The summed E-state index contributed by atoms with van der Waals surface area (Å²) in [4.78, 5) is 9.56. The first kappa shape index (κ1) is 24.1. The predicted octanol–water partition coefficient (Wildman–Crippen LogP) is 7.67. The minimum absolute atomic E-state index is 0.0259. The molecule has 0 atom stereocenters. The third kappa shape index (κ3) is 4.83. The maximum atomic E-state index is 13.8. The van der Waals surface area contributed by atoms with Gasteiger partial charge in [0.2, 0.25) is 0 Å². The summed E-state index contributed by atoms with van der Waals surface area (Å²) >= 11 is 0. The lowest BCUT2D eigenvalue weighted by Gasteiger charge is -2.34. The second kappa shape index (κ2) is 9.55. The molecule has 1 aliphatic heterocycles. The van der Waals surface area contributed by atoms with Crippen molar-refractivity contribution < 1.29 is 22.3 Å². The standard InChI is InChI=1S/C29H24F4N4O/c30-24-17-34-26-15-19(7-8-22(24)26)35-28-16-27(23-14-18(29(31,32)33)6-9-25(23)36-28)37-12-10-21(11-13-37)38-20-4-2-1-3-5-20/h1-9,14-17,21,34H,10-13H2,(H,35,36). The maximum Gasteiger partial charge on any atom is 0.416 e. The van der Waals surface area contributed by atoms with Gasteiger partial charge in [0.05, 0.1) is 16.6 Å². The molecule has 38 heavy (non-hydrogen) atoms. The van der Waals surface area contributed by atoms with Crippen LogP contribution in [-0.2, 0) is 6.18 Å². The van der Waals surface area contributed by atoms with Gasteiger partial charge in [-0.15, -0.1) is 0 Å². The molecule has 2 N–H and O–H groups in total. The summed E-state index contributed by atoms with van der Waals surface area (Å²) in [5.74, 6) is 0.958. The lowest BCUT2D eigenvalue weighted by atomic mass is 10.0. The van der Waals surface area contributed by atoms with Crippen LogP contribution in [0.5, 0.6) is 5.75 Å². The molecule has 0 aliphatic carbocycles. The molecule has 0 unspecified atom stereocenters. The Morgan fingerprint density at radius 2 is 1.71 bits per heavy atom. The van der Waals surface area contributed by atoms with E-state index in [2.05, 4.69) is 20.2 Å². The highest BCUT2D eigenvalue weighted by atomic mass is 19.4. The summed E-state index contributed by atoms with van der Waals surface area (Å²) in [6.07, 6.45) is -1.67. The molecular weight excluding hydrogens is 496 g/mol. The molecule has 9 heteroatoms. The van der Waals surface area contributed by atoms with Crippen LogP contribution in [0.2, 0.25) is 0 Å². The summed E-state index contributed by atoms with van der Waals surface area (Å²) < 4.78 is 60.6. The van der Waals surface area contributed by atoms with Crippen LogP contribution in [0.15, 0.2) is 79.0 Å². The van der Waals surface area contributed by atoms with Crippen molar-refractivity contribution >= 4 is 39.0 Å². The number of para-hydroxylation sites is 1. The van der Waals surface area contributed by atoms with Gasteiger partial charge in [-0.3, -0.25) is 0 Å². The maximum absolute atomic E-state index is 13.8. The molecule has 1 fully saturated rings. The van der Waals surface area contributed by atoms with E-state index in [4.69, 9.17) is 4.74 Å². The van der Waals surface area contributed by atoms with Gasteiger partial charge in [-0.2, -0.15) is 13.2 Å². The molecule has 0 spiro atoms. The zero-order valence-electron chi connectivity index (χ0n) is 20.2. The molecule has 5 nitrogen and oxygen atoms in total. The Hall–Kier alpha value is -4.27. The van der Waals surface area contributed by atoms with E-state index in [0.717, 1.165) is 24.7 Å². The number of pyridine rings is 1. The van der Waals surface area contributed by atoms with Gasteiger partial charge in [0, 0.05) is 60.3 Å². The topological polar surface area (TPSA) is 53.2 Å². The number of piperidine rings is 1. The summed E-state index contributed by atoms with van der Waals surface area (Å²) in [7, 11) is 0. The minimum Gasteiger partial charge on any atom is -0.490 e. The van der Waals surface area contributed by atoms with Crippen molar-refractivity contribution in [3.05, 3.63) is 90.4 Å². The number of nitrogens with one attached hydrogen (secondary N) is 2. The van der Waals surface area contributed by atoms with Gasteiger partial charge in [-0.25, -0.2) is 9.37 Å². The van der Waals surface area contributed by atoms with Crippen molar-refractivity contribution in [3.63, 3.8) is 0 Å². The Morgan fingerprint density at radius 1 is 0.921 bits per heavy atom. The van der Waals surface area contributed by atoms with Crippen molar-refractivity contribution in [2.75, 3.05) is 23.3 Å². The minimum atomic E-state index is -4.46. The van der Waals surface area contributed by atoms with Gasteiger partial charge in [0.15, 0.2) is 0 Å². The lowest BCUT2D eigenvalue weighted by Crippen LogP contribution is -2.38. The van der Waals surface area contributed by atoms with Crippen molar-refractivity contribution in [2.24, 2.45) is 0 Å². The first-order valence-corrected chi connectivity index (χ1v) is 12.4. The molecule has 2 aromatic heterocycles. The Balaban J connectivity index is 1.32. The summed E-state index contributed by atoms with van der Waals surface area (Å²) in [6.45, 7) is 1.25. The normalized spacial score (nSPS) is 14.8. The fourth-order valence-electron chi connectivity index (χ4n) is 4.93. The fraction of sp³-hybridized carbons (Fsp3) is 0.207.